The molecule has 2 rings (SSSR count). The van der Waals surface area contributed by atoms with Crippen molar-refractivity contribution >= 4 is 39.8 Å². The summed E-state index contributed by atoms with van der Waals surface area (Å²) in [5, 5.41) is 7.22. The van der Waals surface area contributed by atoms with Crippen LogP contribution in [0, 0.1) is 5.92 Å². The Morgan fingerprint density at radius 1 is 1.63 bits per heavy atom. The van der Waals surface area contributed by atoms with E-state index in [2.05, 4.69) is 15.6 Å². The fraction of sp³-hybridized carbons (Fsp3) is 0.583. The average Bonchev–Trinajstić information content (AvgIpc) is 2.79. The summed E-state index contributed by atoms with van der Waals surface area (Å²) in [5.41, 5.74) is 1.08. The summed E-state index contributed by atoms with van der Waals surface area (Å²) in [6.45, 7) is 2.27. The third-order valence-electron chi connectivity index (χ3n) is 3.01. The lowest BCUT2D eigenvalue weighted by Crippen LogP contribution is -2.24. The van der Waals surface area contributed by atoms with Gasteiger partial charge in [-0.25, -0.2) is 4.98 Å². The average molecular weight is 299 g/mol. The number of nitrogens with zero attached hydrogens (tertiary/aromatic N) is 1. The summed E-state index contributed by atoms with van der Waals surface area (Å²) >= 11 is 6.61. The highest BCUT2D eigenvalue weighted by molar-refractivity contribution is 7.80. The van der Waals surface area contributed by atoms with Crippen LogP contribution >= 0.6 is 23.6 Å². The summed E-state index contributed by atoms with van der Waals surface area (Å²) in [7, 11) is 1.76. The summed E-state index contributed by atoms with van der Waals surface area (Å²) in [6, 6.07) is 0. The van der Waals surface area contributed by atoms with E-state index >= 15 is 0 Å². The first-order valence-electron chi connectivity index (χ1n) is 6.28. The zero-order valence-electron chi connectivity index (χ0n) is 11.0. The molecular weight excluding hydrogens is 282 g/mol. The Bertz CT molecular complexity index is 487. The van der Waals surface area contributed by atoms with E-state index in [1.165, 1.54) is 0 Å². The number of fused-ring (bicyclic) bond motifs is 1. The Morgan fingerprint density at radius 2 is 2.42 bits per heavy atom. The molecule has 104 valence electrons. The van der Waals surface area contributed by atoms with Crippen LogP contribution in [0.15, 0.2) is 0 Å². The molecular formula is C12H17N3O2S2. The van der Waals surface area contributed by atoms with E-state index in [1.807, 2.05) is 6.92 Å². The number of aryl methyl sites for hydroxylation is 1. The number of aromatic nitrogens is 1. The van der Waals surface area contributed by atoms with Crippen molar-refractivity contribution in [2.24, 2.45) is 5.92 Å². The van der Waals surface area contributed by atoms with Gasteiger partial charge in [-0.3, -0.25) is 4.79 Å². The minimum absolute atomic E-state index is 0.0306. The highest BCUT2D eigenvalue weighted by atomic mass is 32.1. The molecule has 0 bridgehead atoms. The lowest BCUT2D eigenvalue weighted by atomic mass is 9.91. The number of hydrogen-bond acceptors (Lipinski definition) is 5. The van der Waals surface area contributed by atoms with Crippen LogP contribution in [-0.4, -0.2) is 29.7 Å². The van der Waals surface area contributed by atoms with E-state index in [0.29, 0.717) is 11.7 Å². The molecule has 1 unspecified atom stereocenters. The Balaban J connectivity index is 2.04. The predicted molar refractivity (Wildman–Crippen MR) is 79.5 cm³/mol. The van der Waals surface area contributed by atoms with Crippen LogP contribution in [0.2, 0.25) is 0 Å². The van der Waals surface area contributed by atoms with E-state index in [4.69, 9.17) is 17.0 Å². The first kappa shape index (κ1) is 14.2. The zero-order valence-corrected chi connectivity index (χ0v) is 12.6. The molecule has 1 aromatic heterocycles. The van der Waals surface area contributed by atoms with E-state index in [-0.39, 0.29) is 11.9 Å². The number of anilines is 1. The Hall–Kier alpha value is -1.21. The predicted octanol–water partition coefficient (Wildman–Crippen LogP) is 1.73. The molecule has 19 heavy (non-hydrogen) atoms. The molecule has 7 heteroatoms. The van der Waals surface area contributed by atoms with Gasteiger partial charge in [-0.2, -0.15) is 0 Å². The van der Waals surface area contributed by atoms with Crippen molar-refractivity contribution in [2.45, 2.75) is 26.2 Å². The molecule has 0 radical (unpaired) electrons. The van der Waals surface area contributed by atoms with Crippen molar-refractivity contribution < 1.29 is 9.53 Å². The van der Waals surface area contributed by atoms with E-state index in [9.17, 15) is 4.79 Å². The summed E-state index contributed by atoms with van der Waals surface area (Å²) < 4.78 is 5.08. The third kappa shape index (κ3) is 3.42. The molecule has 0 fully saturated rings. The first-order valence-corrected chi connectivity index (χ1v) is 7.50. The Labute approximate surface area is 121 Å². The highest BCUT2D eigenvalue weighted by Crippen LogP contribution is 2.32. The number of rotatable bonds is 3. The lowest BCUT2D eigenvalue weighted by molar-refractivity contribution is -0.148. The number of carbonyl (C=O) groups excluding carboxylic acids is 1. The smallest absolute Gasteiger partial charge is 0.309 e. The molecule has 0 saturated heterocycles. The maximum absolute atomic E-state index is 11.8. The van der Waals surface area contributed by atoms with Crippen LogP contribution in [0.4, 0.5) is 5.13 Å². The van der Waals surface area contributed by atoms with Gasteiger partial charge in [0.2, 0.25) is 0 Å². The fourth-order valence-corrected chi connectivity index (χ4v) is 3.30. The topological polar surface area (TPSA) is 63.2 Å². The monoisotopic (exact) mass is 299 g/mol. The Morgan fingerprint density at radius 3 is 3.11 bits per heavy atom. The largest absolute Gasteiger partial charge is 0.466 e. The SMILES string of the molecule is CCOC(=O)C1CCc2nc(NC(=S)NC)sc2C1. The van der Waals surface area contributed by atoms with E-state index < -0.39 is 0 Å². The molecule has 1 heterocycles. The zero-order chi connectivity index (χ0) is 13.8. The molecule has 0 aliphatic heterocycles. The number of ether oxygens (including phenoxy) is 1. The van der Waals surface area contributed by atoms with Crippen LogP contribution in [0.1, 0.15) is 23.9 Å². The second kappa shape index (κ2) is 6.29. The standard InChI is InChI=1S/C12H17N3O2S2/c1-3-17-10(16)7-4-5-8-9(6-7)19-12(14-8)15-11(18)13-2/h7H,3-6H2,1-2H3,(H2,13,14,15,18). The molecule has 0 saturated carbocycles. The molecule has 5 nitrogen and oxygen atoms in total. The summed E-state index contributed by atoms with van der Waals surface area (Å²) in [4.78, 5) is 17.4. The van der Waals surface area contributed by atoms with E-state index in [0.717, 1.165) is 35.0 Å². The second-order valence-corrected chi connectivity index (χ2v) is 5.78. The quantitative estimate of drug-likeness (QED) is 0.654. The van der Waals surface area contributed by atoms with Gasteiger partial charge in [0, 0.05) is 11.9 Å². The maximum Gasteiger partial charge on any atom is 0.309 e. The number of thiazole rings is 1. The van der Waals surface area contributed by atoms with Crippen LogP contribution in [-0.2, 0) is 22.4 Å². The fourth-order valence-electron chi connectivity index (χ4n) is 2.05. The van der Waals surface area contributed by atoms with Crippen molar-refractivity contribution in [2.75, 3.05) is 19.0 Å². The van der Waals surface area contributed by atoms with Crippen LogP contribution in [0.5, 0.6) is 0 Å². The normalized spacial score (nSPS) is 17.5. The van der Waals surface area contributed by atoms with Crippen molar-refractivity contribution in [3.63, 3.8) is 0 Å². The van der Waals surface area contributed by atoms with Gasteiger partial charge in [0.15, 0.2) is 10.2 Å². The number of esters is 1. The van der Waals surface area contributed by atoms with Crippen LogP contribution < -0.4 is 10.6 Å². The van der Waals surface area contributed by atoms with Crippen molar-refractivity contribution in [3.05, 3.63) is 10.6 Å². The van der Waals surface area contributed by atoms with Crippen LogP contribution in [0.25, 0.3) is 0 Å². The third-order valence-corrected chi connectivity index (χ3v) is 4.35. The van der Waals surface area contributed by atoms with Crippen molar-refractivity contribution in [3.8, 4) is 0 Å². The van der Waals surface area contributed by atoms with Gasteiger partial charge in [0.25, 0.3) is 0 Å². The lowest BCUT2D eigenvalue weighted by Gasteiger charge is -2.18. The number of nitrogens with one attached hydrogen (secondary N) is 2. The molecule has 2 N–H and O–H groups in total. The minimum Gasteiger partial charge on any atom is -0.466 e. The number of hydrogen-bond donors (Lipinski definition) is 2. The first-order chi connectivity index (χ1) is 9.13. The van der Waals surface area contributed by atoms with E-state index in [1.54, 1.807) is 18.4 Å². The van der Waals surface area contributed by atoms with Crippen molar-refractivity contribution in [1.29, 1.82) is 0 Å². The van der Waals surface area contributed by atoms with Gasteiger partial charge >= 0.3 is 5.97 Å². The molecule has 1 aliphatic rings. The number of thiocarbonyl (C=S) groups is 1. The molecule has 0 amide bonds. The van der Waals surface area contributed by atoms with Gasteiger partial charge in [0.1, 0.15) is 0 Å². The molecule has 1 atom stereocenters. The second-order valence-electron chi connectivity index (χ2n) is 4.28. The minimum atomic E-state index is -0.0956. The molecule has 1 aromatic rings. The molecule has 0 spiro atoms. The molecule has 1 aliphatic carbocycles. The van der Waals surface area contributed by atoms with Gasteiger partial charge < -0.3 is 15.4 Å². The van der Waals surface area contributed by atoms with Crippen LogP contribution in [0.3, 0.4) is 0 Å². The molecule has 0 aromatic carbocycles. The number of carbonyl (C=O) groups is 1. The summed E-state index contributed by atoms with van der Waals surface area (Å²) in [6.07, 6.45) is 2.36. The maximum atomic E-state index is 11.8. The highest BCUT2D eigenvalue weighted by Gasteiger charge is 2.28. The van der Waals surface area contributed by atoms with Gasteiger partial charge in [-0.15, -0.1) is 11.3 Å². The van der Waals surface area contributed by atoms with Gasteiger partial charge in [-0.1, -0.05) is 0 Å². The Kier molecular flexibility index (Phi) is 4.71. The van der Waals surface area contributed by atoms with Gasteiger partial charge in [0.05, 0.1) is 18.2 Å². The summed E-state index contributed by atoms with van der Waals surface area (Å²) in [5.74, 6) is -0.126. The van der Waals surface area contributed by atoms with Crippen molar-refractivity contribution in [1.82, 2.24) is 10.3 Å². The van der Waals surface area contributed by atoms with Gasteiger partial charge in [-0.05, 0) is 38.4 Å².